The summed E-state index contributed by atoms with van der Waals surface area (Å²) in [5.41, 5.74) is 0.695. The monoisotopic (exact) mass is 587 g/mol. The van der Waals surface area contributed by atoms with Crippen LogP contribution in [-0.4, -0.2) is 26.5 Å². The molecule has 0 fully saturated rings. The number of hydrogen-bond donors (Lipinski definition) is 1. The number of thiophene rings is 1. The number of aryl methyl sites for hydroxylation is 1. The second-order valence-electron chi connectivity index (χ2n) is 9.58. The third-order valence-corrected chi connectivity index (χ3v) is 8.04. The number of nitriles is 1. The number of aromatic nitrogens is 3. The zero-order valence-electron chi connectivity index (χ0n) is 21.7. The van der Waals surface area contributed by atoms with Crippen LogP contribution < -0.4 is 10.1 Å². The van der Waals surface area contributed by atoms with Crippen molar-refractivity contribution in [3.8, 4) is 23.1 Å². The molecule has 6 rings (SSSR count). The van der Waals surface area contributed by atoms with Crippen molar-refractivity contribution in [3.05, 3.63) is 99.7 Å². The van der Waals surface area contributed by atoms with Crippen molar-refractivity contribution in [1.82, 2.24) is 14.6 Å². The van der Waals surface area contributed by atoms with Crippen LogP contribution in [0, 0.1) is 11.3 Å². The Bertz CT molecular complexity index is 1870. The number of nitrogens with zero attached hydrogens (tertiary/aromatic N) is 4. The van der Waals surface area contributed by atoms with Crippen molar-refractivity contribution in [2.75, 3.05) is 5.32 Å². The number of nitrogens with one attached hydrogen (secondary N) is 1. The molecule has 0 spiro atoms. The molecule has 0 radical (unpaired) electrons. The molecule has 0 saturated carbocycles. The minimum absolute atomic E-state index is 0.0619. The molecule has 0 unspecified atom stereocenters. The number of carbonyl (C=O) groups excluding carboxylic acids is 2. The highest BCUT2D eigenvalue weighted by atomic mass is 32.1. The summed E-state index contributed by atoms with van der Waals surface area (Å²) in [5, 5.41) is 16.8. The predicted octanol–water partition coefficient (Wildman–Crippen LogP) is 6.70. The quantitative estimate of drug-likeness (QED) is 0.181. The highest BCUT2D eigenvalue weighted by Crippen LogP contribution is 2.38. The number of alkyl halides is 3. The van der Waals surface area contributed by atoms with Crippen LogP contribution in [0.4, 0.5) is 18.2 Å². The Morgan fingerprint density at radius 1 is 1.02 bits per heavy atom. The Morgan fingerprint density at radius 3 is 2.48 bits per heavy atom. The van der Waals surface area contributed by atoms with Crippen LogP contribution in [0.2, 0.25) is 0 Å². The summed E-state index contributed by atoms with van der Waals surface area (Å²) in [4.78, 5) is 31.0. The second-order valence-corrected chi connectivity index (χ2v) is 10.7. The van der Waals surface area contributed by atoms with Gasteiger partial charge in [-0.15, -0.1) is 11.3 Å². The van der Waals surface area contributed by atoms with Gasteiger partial charge >= 0.3 is 12.1 Å². The number of amides is 1. The first-order valence-electron chi connectivity index (χ1n) is 12.9. The largest absolute Gasteiger partial charge is 0.433 e. The zero-order chi connectivity index (χ0) is 29.4. The van der Waals surface area contributed by atoms with Crippen LogP contribution in [-0.2, 0) is 19.0 Å². The van der Waals surface area contributed by atoms with E-state index in [1.54, 1.807) is 30.3 Å². The summed E-state index contributed by atoms with van der Waals surface area (Å²) in [7, 11) is 0. The maximum Gasteiger partial charge on any atom is 0.433 e. The maximum atomic E-state index is 13.9. The summed E-state index contributed by atoms with van der Waals surface area (Å²) < 4.78 is 47.5. The number of halogens is 3. The van der Waals surface area contributed by atoms with Gasteiger partial charge in [0.05, 0.1) is 11.3 Å². The predicted molar refractivity (Wildman–Crippen MR) is 148 cm³/mol. The number of rotatable bonds is 5. The SMILES string of the molecule is N#Cc1c(NC(=O)c2ccc(OC(=O)c3cc4nc(-c5ccccc5)cc(C(F)(F)F)n4n3)cc2)sc2c1CCCC2. The van der Waals surface area contributed by atoms with Gasteiger partial charge in [-0.05, 0) is 61.6 Å². The fourth-order valence-corrected chi connectivity index (χ4v) is 6.05. The molecule has 3 aromatic heterocycles. The van der Waals surface area contributed by atoms with Gasteiger partial charge in [-0.2, -0.15) is 23.5 Å². The topological polar surface area (TPSA) is 109 Å². The van der Waals surface area contributed by atoms with Crippen molar-refractivity contribution >= 4 is 33.9 Å². The zero-order valence-corrected chi connectivity index (χ0v) is 22.6. The molecule has 1 aliphatic carbocycles. The molecule has 0 aliphatic heterocycles. The Morgan fingerprint density at radius 2 is 1.76 bits per heavy atom. The molecule has 5 aromatic rings. The van der Waals surface area contributed by atoms with Gasteiger partial charge in [0.15, 0.2) is 17.0 Å². The van der Waals surface area contributed by atoms with Crippen LogP contribution in [0.1, 0.15) is 55.4 Å². The fourth-order valence-electron chi connectivity index (χ4n) is 4.81. The van der Waals surface area contributed by atoms with E-state index in [0.29, 0.717) is 20.6 Å². The highest BCUT2D eigenvalue weighted by Gasteiger charge is 2.36. The van der Waals surface area contributed by atoms with E-state index in [1.165, 1.54) is 35.6 Å². The van der Waals surface area contributed by atoms with E-state index in [9.17, 15) is 28.0 Å². The molecule has 0 atom stereocenters. The normalized spacial score (nSPS) is 12.9. The number of carbonyl (C=O) groups is 2. The summed E-state index contributed by atoms with van der Waals surface area (Å²) >= 11 is 1.41. The van der Waals surface area contributed by atoms with Crippen molar-refractivity contribution < 1.29 is 27.5 Å². The highest BCUT2D eigenvalue weighted by molar-refractivity contribution is 7.16. The number of fused-ring (bicyclic) bond motifs is 2. The van der Waals surface area contributed by atoms with Crippen LogP contribution in [0.3, 0.4) is 0 Å². The van der Waals surface area contributed by atoms with Gasteiger partial charge in [0.1, 0.15) is 16.8 Å². The molecule has 0 saturated heterocycles. The number of benzene rings is 2. The van der Waals surface area contributed by atoms with Gasteiger partial charge in [-0.3, -0.25) is 4.79 Å². The number of esters is 1. The molecular weight excluding hydrogens is 567 g/mol. The van der Waals surface area contributed by atoms with Crippen molar-refractivity contribution in [1.29, 1.82) is 5.26 Å². The van der Waals surface area contributed by atoms with E-state index >= 15 is 0 Å². The van der Waals surface area contributed by atoms with Crippen molar-refractivity contribution in [2.45, 2.75) is 31.9 Å². The summed E-state index contributed by atoms with van der Waals surface area (Å²) in [5.74, 6) is -1.36. The lowest BCUT2D eigenvalue weighted by Gasteiger charge is -2.10. The standard InChI is InChI=1S/C30H20F3N5O3S/c31-30(32,33)25-14-22(17-6-2-1-3-7-17)35-26-15-23(37-38(25)26)29(40)41-19-12-10-18(11-13-19)27(39)36-28-21(16-34)20-8-4-5-9-24(20)42-28/h1-3,6-7,10-15H,4-5,8-9H2,(H,36,39). The molecule has 12 heteroatoms. The lowest BCUT2D eigenvalue weighted by atomic mass is 9.96. The minimum atomic E-state index is -4.76. The summed E-state index contributed by atoms with van der Waals surface area (Å²) in [6.07, 6.45) is -0.993. The molecule has 3 heterocycles. The molecule has 1 aliphatic rings. The fraction of sp³-hybridized carbons (Fsp3) is 0.167. The minimum Gasteiger partial charge on any atom is -0.422 e. The Hall–Kier alpha value is -5.02. The maximum absolute atomic E-state index is 13.9. The molecule has 8 nitrogen and oxygen atoms in total. The Kier molecular flexibility index (Phi) is 6.96. The number of hydrogen-bond acceptors (Lipinski definition) is 7. The van der Waals surface area contributed by atoms with Crippen molar-refractivity contribution in [3.63, 3.8) is 0 Å². The molecule has 2 aromatic carbocycles. The first-order chi connectivity index (χ1) is 20.2. The first-order valence-corrected chi connectivity index (χ1v) is 13.7. The van der Waals surface area contributed by atoms with Gasteiger partial charge in [-0.25, -0.2) is 14.3 Å². The van der Waals surface area contributed by atoms with Gasteiger partial charge in [0.2, 0.25) is 0 Å². The van der Waals surface area contributed by atoms with E-state index < -0.39 is 23.7 Å². The van der Waals surface area contributed by atoms with Crippen LogP contribution in [0.5, 0.6) is 5.75 Å². The second kappa shape index (κ2) is 10.8. The summed E-state index contributed by atoms with van der Waals surface area (Å²) in [6, 6.07) is 18.2. The third-order valence-electron chi connectivity index (χ3n) is 6.83. The average Bonchev–Trinajstić information content (AvgIpc) is 3.58. The van der Waals surface area contributed by atoms with Gasteiger partial charge in [0, 0.05) is 22.1 Å². The summed E-state index contributed by atoms with van der Waals surface area (Å²) in [6.45, 7) is 0. The smallest absolute Gasteiger partial charge is 0.422 e. The van der Waals surface area contributed by atoms with E-state index in [2.05, 4.69) is 21.5 Å². The lowest BCUT2D eigenvalue weighted by Crippen LogP contribution is -2.15. The molecule has 0 bridgehead atoms. The van der Waals surface area contributed by atoms with Gasteiger partial charge < -0.3 is 10.1 Å². The molecule has 210 valence electrons. The van der Waals surface area contributed by atoms with Crippen LogP contribution in [0.15, 0.2) is 66.7 Å². The Balaban J connectivity index is 1.20. The van der Waals surface area contributed by atoms with E-state index in [0.717, 1.165) is 48.3 Å². The van der Waals surface area contributed by atoms with Gasteiger partial charge in [0.25, 0.3) is 5.91 Å². The van der Waals surface area contributed by atoms with E-state index in [4.69, 9.17) is 4.74 Å². The van der Waals surface area contributed by atoms with Crippen LogP contribution >= 0.6 is 11.3 Å². The van der Waals surface area contributed by atoms with E-state index in [-0.39, 0.29) is 28.3 Å². The van der Waals surface area contributed by atoms with Gasteiger partial charge in [-0.1, -0.05) is 30.3 Å². The molecular formula is C30H20F3N5O3S. The number of ether oxygens (including phenoxy) is 1. The number of anilines is 1. The molecule has 42 heavy (non-hydrogen) atoms. The molecule has 1 amide bonds. The van der Waals surface area contributed by atoms with E-state index in [1.807, 2.05) is 0 Å². The average molecular weight is 588 g/mol. The third kappa shape index (κ3) is 5.22. The lowest BCUT2D eigenvalue weighted by molar-refractivity contribution is -0.142. The van der Waals surface area contributed by atoms with Crippen LogP contribution in [0.25, 0.3) is 16.9 Å². The van der Waals surface area contributed by atoms with Crippen molar-refractivity contribution in [2.24, 2.45) is 0 Å². The molecule has 1 N–H and O–H groups in total. The Labute approximate surface area is 241 Å². The first kappa shape index (κ1) is 27.2.